The lowest BCUT2D eigenvalue weighted by atomic mass is 9.90. The van der Waals surface area contributed by atoms with E-state index in [1.54, 1.807) is 0 Å². The minimum Gasteiger partial charge on any atom is -0.382 e. The average Bonchev–Trinajstić information content (AvgIpc) is 2.99. The SMILES string of the molecule is CC(C)c1cccc(C(C)C)c1N[C@@H](c1cccc(-c2cccc3c2N[C@@H](C)CC3)n1)c1cccc2ccccc12. The zero-order valence-electron chi connectivity index (χ0n) is 24.9. The third-order valence-electron chi connectivity index (χ3n) is 8.53. The van der Waals surface area contributed by atoms with Crippen LogP contribution < -0.4 is 10.6 Å². The van der Waals surface area contributed by atoms with E-state index in [1.165, 1.54) is 50.0 Å². The Labute approximate surface area is 245 Å². The second-order valence-corrected chi connectivity index (χ2v) is 12.1. The largest absolute Gasteiger partial charge is 0.382 e. The molecule has 3 heteroatoms. The fourth-order valence-corrected chi connectivity index (χ4v) is 6.32. The van der Waals surface area contributed by atoms with Gasteiger partial charge in [-0.1, -0.05) is 113 Å². The summed E-state index contributed by atoms with van der Waals surface area (Å²) in [4.78, 5) is 5.40. The molecule has 0 saturated heterocycles. The van der Waals surface area contributed by atoms with Crippen LogP contribution in [0.25, 0.3) is 22.0 Å². The number of aryl methyl sites for hydroxylation is 1. The molecule has 6 rings (SSSR count). The molecule has 2 N–H and O–H groups in total. The van der Waals surface area contributed by atoms with E-state index in [-0.39, 0.29) is 6.04 Å². The molecular formula is C38H41N3. The molecule has 1 aromatic heterocycles. The van der Waals surface area contributed by atoms with Crippen LogP contribution in [0.3, 0.4) is 0 Å². The molecule has 0 unspecified atom stereocenters. The molecule has 0 amide bonds. The predicted molar refractivity (Wildman–Crippen MR) is 175 cm³/mol. The van der Waals surface area contributed by atoms with E-state index < -0.39 is 0 Å². The number of hydrogen-bond donors (Lipinski definition) is 2. The van der Waals surface area contributed by atoms with Crippen LogP contribution in [0.5, 0.6) is 0 Å². The molecule has 1 aliphatic heterocycles. The van der Waals surface area contributed by atoms with Gasteiger partial charge in [0.2, 0.25) is 0 Å². The lowest BCUT2D eigenvalue weighted by Crippen LogP contribution is -2.22. The Bertz CT molecular complexity index is 1650. The summed E-state index contributed by atoms with van der Waals surface area (Å²) < 4.78 is 0. The first-order valence-corrected chi connectivity index (χ1v) is 15.1. The molecule has 0 radical (unpaired) electrons. The summed E-state index contributed by atoms with van der Waals surface area (Å²) >= 11 is 0. The Balaban J connectivity index is 1.54. The van der Waals surface area contributed by atoms with Crippen LogP contribution in [0.2, 0.25) is 0 Å². The number of fused-ring (bicyclic) bond motifs is 2. The molecule has 41 heavy (non-hydrogen) atoms. The second kappa shape index (κ2) is 11.4. The average molecular weight is 540 g/mol. The molecular weight excluding hydrogens is 498 g/mol. The first-order valence-electron chi connectivity index (χ1n) is 15.1. The van der Waals surface area contributed by atoms with Crippen molar-refractivity contribution in [3.63, 3.8) is 0 Å². The van der Waals surface area contributed by atoms with E-state index in [9.17, 15) is 0 Å². The highest BCUT2D eigenvalue weighted by molar-refractivity contribution is 5.87. The first kappa shape index (κ1) is 27.1. The number of benzene rings is 4. The van der Waals surface area contributed by atoms with E-state index in [0.29, 0.717) is 17.9 Å². The summed E-state index contributed by atoms with van der Waals surface area (Å²) in [5.41, 5.74) is 11.0. The number of para-hydroxylation sites is 2. The Morgan fingerprint density at radius 3 is 2.17 bits per heavy atom. The van der Waals surface area contributed by atoms with Crippen LogP contribution in [-0.4, -0.2) is 11.0 Å². The van der Waals surface area contributed by atoms with Crippen LogP contribution in [0.4, 0.5) is 11.4 Å². The Morgan fingerprint density at radius 1 is 0.732 bits per heavy atom. The molecule has 2 atom stereocenters. The van der Waals surface area contributed by atoms with Gasteiger partial charge in [0.15, 0.2) is 0 Å². The summed E-state index contributed by atoms with van der Waals surface area (Å²) in [6, 6.07) is 35.5. The highest BCUT2D eigenvalue weighted by Crippen LogP contribution is 2.40. The molecule has 2 heterocycles. The molecule has 3 nitrogen and oxygen atoms in total. The summed E-state index contributed by atoms with van der Waals surface area (Å²) in [5, 5.41) is 10.3. The van der Waals surface area contributed by atoms with Crippen molar-refractivity contribution in [2.75, 3.05) is 10.6 Å². The van der Waals surface area contributed by atoms with Gasteiger partial charge in [0.25, 0.3) is 0 Å². The number of anilines is 2. The molecule has 4 aromatic carbocycles. The van der Waals surface area contributed by atoms with Gasteiger partial charge in [-0.25, -0.2) is 0 Å². The van der Waals surface area contributed by atoms with E-state index in [4.69, 9.17) is 4.98 Å². The van der Waals surface area contributed by atoms with Crippen molar-refractivity contribution in [2.45, 2.75) is 71.4 Å². The number of rotatable bonds is 7. The summed E-state index contributed by atoms with van der Waals surface area (Å²) in [7, 11) is 0. The maximum Gasteiger partial charge on any atom is 0.0946 e. The minimum atomic E-state index is -0.120. The lowest BCUT2D eigenvalue weighted by molar-refractivity contribution is 0.681. The monoisotopic (exact) mass is 539 g/mol. The van der Waals surface area contributed by atoms with Crippen molar-refractivity contribution in [2.24, 2.45) is 0 Å². The van der Waals surface area contributed by atoms with Gasteiger partial charge < -0.3 is 10.6 Å². The summed E-state index contributed by atoms with van der Waals surface area (Å²) in [6.45, 7) is 11.4. The van der Waals surface area contributed by atoms with Gasteiger partial charge in [0.05, 0.1) is 17.4 Å². The fraction of sp³-hybridized carbons (Fsp3) is 0.289. The molecule has 0 spiro atoms. The fourth-order valence-electron chi connectivity index (χ4n) is 6.32. The Morgan fingerprint density at radius 2 is 1.39 bits per heavy atom. The molecule has 0 bridgehead atoms. The first-order chi connectivity index (χ1) is 19.9. The van der Waals surface area contributed by atoms with Crippen molar-refractivity contribution in [3.05, 3.63) is 125 Å². The van der Waals surface area contributed by atoms with Crippen LogP contribution in [-0.2, 0) is 6.42 Å². The quantitative estimate of drug-likeness (QED) is 0.216. The summed E-state index contributed by atoms with van der Waals surface area (Å²) in [6.07, 6.45) is 2.26. The third-order valence-corrected chi connectivity index (χ3v) is 8.53. The van der Waals surface area contributed by atoms with E-state index in [0.717, 1.165) is 24.2 Å². The maximum absolute atomic E-state index is 5.40. The van der Waals surface area contributed by atoms with E-state index in [1.807, 2.05) is 0 Å². The van der Waals surface area contributed by atoms with Crippen LogP contribution in [0, 0.1) is 0 Å². The normalized spacial score (nSPS) is 15.5. The Hall–Kier alpha value is -4.11. The van der Waals surface area contributed by atoms with Crippen molar-refractivity contribution >= 4 is 22.1 Å². The van der Waals surface area contributed by atoms with Crippen molar-refractivity contribution in [3.8, 4) is 11.3 Å². The Kier molecular flexibility index (Phi) is 7.53. The smallest absolute Gasteiger partial charge is 0.0946 e. The van der Waals surface area contributed by atoms with Gasteiger partial charge in [-0.3, -0.25) is 4.98 Å². The van der Waals surface area contributed by atoms with Gasteiger partial charge in [0, 0.05) is 23.0 Å². The molecule has 0 fully saturated rings. The van der Waals surface area contributed by atoms with Crippen LogP contribution >= 0.6 is 0 Å². The number of pyridine rings is 1. The lowest BCUT2D eigenvalue weighted by Gasteiger charge is -2.28. The van der Waals surface area contributed by atoms with Gasteiger partial charge in [-0.2, -0.15) is 0 Å². The van der Waals surface area contributed by atoms with Crippen molar-refractivity contribution < 1.29 is 0 Å². The maximum atomic E-state index is 5.40. The molecule has 5 aromatic rings. The minimum absolute atomic E-state index is 0.120. The van der Waals surface area contributed by atoms with Gasteiger partial charge >= 0.3 is 0 Å². The molecule has 208 valence electrons. The predicted octanol–water partition coefficient (Wildman–Crippen LogP) is 10.1. The summed E-state index contributed by atoms with van der Waals surface area (Å²) in [5.74, 6) is 0.792. The number of aromatic nitrogens is 1. The zero-order chi connectivity index (χ0) is 28.5. The molecule has 0 aliphatic carbocycles. The standard InChI is InChI=1S/C38H41N3/c1-24(2)29-16-10-17-30(25(3)4)37(29)41-38(32-18-8-13-27-12-6-7-15-31(27)32)35-21-11-20-34(40-35)33-19-9-14-28-23-22-26(5)39-36(28)33/h6-21,24-26,38-39,41H,22-23H2,1-5H3/t26-,38+/m0/s1. The van der Waals surface area contributed by atoms with Crippen molar-refractivity contribution in [1.29, 1.82) is 0 Å². The van der Waals surface area contributed by atoms with Crippen LogP contribution in [0.1, 0.15) is 86.9 Å². The number of hydrogen-bond acceptors (Lipinski definition) is 3. The molecule has 1 aliphatic rings. The van der Waals surface area contributed by atoms with E-state index >= 15 is 0 Å². The highest BCUT2D eigenvalue weighted by atomic mass is 15.0. The number of nitrogens with zero attached hydrogens (tertiary/aromatic N) is 1. The van der Waals surface area contributed by atoms with E-state index in [2.05, 4.69) is 142 Å². The number of nitrogens with one attached hydrogen (secondary N) is 2. The van der Waals surface area contributed by atoms with Gasteiger partial charge in [0.1, 0.15) is 0 Å². The third kappa shape index (κ3) is 5.34. The zero-order valence-corrected chi connectivity index (χ0v) is 24.9. The van der Waals surface area contributed by atoms with Gasteiger partial charge in [-0.15, -0.1) is 0 Å². The topological polar surface area (TPSA) is 37.0 Å². The van der Waals surface area contributed by atoms with Crippen molar-refractivity contribution in [1.82, 2.24) is 4.98 Å². The van der Waals surface area contributed by atoms with Crippen LogP contribution in [0.15, 0.2) is 97.1 Å². The highest BCUT2D eigenvalue weighted by Gasteiger charge is 2.24. The van der Waals surface area contributed by atoms with Gasteiger partial charge in [-0.05, 0) is 76.8 Å². The second-order valence-electron chi connectivity index (χ2n) is 12.1. The molecule has 0 saturated carbocycles.